The molecule has 0 aromatic heterocycles. The normalized spacial score (nSPS) is 29.6. The number of likely N-dealkylation sites (tertiary alicyclic amines) is 1. The molecule has 0 unspecified atom stereocenters. The number of halogens is 1. The second-order valence-corrected chi connectivity index (χ2v) is 6.78. The third-order valence-corrected chi connectivity index (χ3v) is 4.69. The Morgan fingerprint density at radius 1 is 1.38 bits per heavy atom. The summed E-state index contributed by atoms with van der Waals surface area (Å²) in [6, 6.07) is 7.98. The van der Waals surface area contributed by atoms with Crippen LogP contribution in [-0.4, -0.2) is 41.8 Å². The Morgan fingerprint density at radius 2 is 2.05 bits per heavy atom. The first-order valence-electron chi connectivity index (χ1n) is 7.22. The Bertz CT molecular complexity index is 534. The SMILES string of the molecule is C[C@@H]1C[C@@](O)(C#CCOc2ccc(Br)cc2)[C@H](C)CN1C. The van der Waals surface area contributed by atoms with Crippen LogP contribution in [0.15, 0.2) is 28.7 Å². The average Bonchev–Trinajstić information content (AvgIpc) is 2.44. The van der Waals surface area contributed by atoms with Crippen LogP contribution in [0.2, 0.25) is 0 Å². The van der Waals surface area contributed by atoms with Gasteiger partial charge in [0.1, 0.15) is 18.0 Å². The second kappa shape index (κ2) is 6.83. The fourth-order valence-electron chi connectivity index (χ4n) is 2.58. The summed E-state index contributed by atoms with van der Waals surface area (Å²) in [5.74, 6) is 6.92. The summed E-state index contributed by atoms with van der Waals surface area (Å²) in [6.07, 6.45) is 0.677. The highest BCUT2D eigenvalue weighted by molar-refractivity contribution is 9.10. The van der Waals surface area contributed by atoms with Gasteiger partial charge in [0.15, 0.2) is 0 Å². The molecule has 1 aromatic carbocycles. The lowest BCUT2D eigenvalue weighted by molar-refractivity contribution is -0.0347. The van der Waals surface area contributed by atoms with Crippen LogP contribution in [0, 0.1) is 17.8 Å². The number of ether oxygens (including phenoxy) is 1. The Morgan fingerprint density at radius 3 is 2.71 bits per heavy atom. The van der Waals surface area contributed by atoms with Gasteiger partial charge in [0, 0.05) is 29.4 Å². The molecule has 1 aliphatic rings. The molecule has 0 radical (unpaired) electrons. The third-order valence-electron chi connectivity index (χ3n) is 4.17. The minimum absolute atomic E-state index is 0.138. The molecule has 3 nitrogen and oxygen atoms in total. The van der Waals surface area contributed by atoms with Crippen molar-refractivity contribution >= 4 is 15.9 Å². The molecule has 2 rings (SSSR count). The molecule has 1 fully saturated rings. The van der Waals surface area contributed by atoms with Crippen LogP contribution in [-0.2, 0) is 0 Å². The van der Waals surface area contributed by atoms with E-state index in [1.54, 1.807) is 0 Å². The number of nitrogens with zero attached hydrogens (tertiary/aromatic N) is 1. The molecule has 114 valence electrons. The zero-order valence-corrected chi connectivity index (χ0v) is 14.4. The number of rotatable bonds is 2. The van der Waals surface area contributed by atoms with Crippen molar-refractivity contribution in [3.8, 4) is 17.6 Å². The molecule has 1 aromatic rings. The van der Waals surface area contributed by atoms with Crippen molar-refractivity contribution in [3.05, 3.63) is 28.7 Å². The lowest BCUT2D eigenvalue weighted by Gasteiger charge is -2.42. The van der Waals surface area contributed by atoms with E-state index in [0.717, 1.165) is 16.8 Å². The number of benzene rings is 1. The molecule has 1 heterocycles. The van der Waals surface area contributed by atoms with Crippen LogP contribution in [0.4, 0.5) is 0 Å². The van der Waals surface area contributed by atoms with Crippen LogP contribution >= 0.6 is 15.9 Å². The minimum atomic E-state index is -0.908. The van der Waals surface area contributed by atoms with E-state index in [1.807, 2.05) is 31.2 Å². The summed E-state index contributed by atoms with van der Waals surface area (Å²) >= 11 is 3.38. The van der Waals surface area contributed by atoms with Crippen LogP contribution < -0.4 is 4.74 Å². The van der Waals surface area contributed by atoms with Crippen molar-refractivity contribution in [2.24, 2.45) is 5.92 Å². The monoisotopic (exact) mass is 351 g/mol. The van der Waals surface area contributed by atoms with Gasteiger partial charge in [-0.05, 0) is 38.2 Å². The van der Waals surface area contributed by atoms with E-state index in [4.69, 9.17) is 4.74 Å². The van der Waals surface area contributed by atoms with E-state index in [-0.39, 0.29) is 5.92 Å². The third kappa shape index (κ3) is 4.23. The maximum atomic E-state index is 10.7. The number of hydrogen-bond acceptors (Lipinski definition) is 3. The van der Waals surface area contributed by atoms with Crippen LogP contribution in [0.5, 0.6) is 5.75 Å². The molecule has 1 aliphatic heterocycles. The average molecular weight is 352 g/mol. The van der Waals surface area contributed by atoms with Crippen molar-refractivity contribution in [1.82, 2.24) is 4.90 Å². The summed E-state index contributed by atoms with van der Waals surface area (Å²) in [6.45, 7) is 5.32. The maximum Gasteiger partial charge on any atom is 0.149 e. The van der Waals surface area contributed by atoms with Gasteiger partial charge in [0.25, 0.3) is 0 Å². The van der Waals surface area contributed by atoms with Gasteiger partial charge >= 0.3 is 0 Å². The van der Waals surface area contributed by atoms with Gasteiger partial charge in [0.05, 0.1) is 0 Å². The molecule has 3 atom stereocenters. The summed E-state index contributed by atoms with van der Waals surface area (Å²) in [5.41, 5.74) is -0.908. The van der Waals surface area contributed by atoms with Crippen molar-refractivity contribution in [2.75, 3.05) is 20.2 Å². The van der Waals surface area contributed by atoms with Gasteiger partial charge in [-0.3, -0.25) is 0 Å². The van der Waals surface area contributed by atoms with E-state index in [9.17, 15) is 5.11 Å². The Kier molecular flexibility index (Phi) is 5.32. The Balaban J connectivity index is 1.93. The fourth-order valence-corrected chi connectivity index (χ4v) is 2.85. The van der Waals surface area contributed by atoms with Crippen LogP contribution in [0.1, 0.15) is 20.3 Å². The molecule has 0 bridgehead atoms. The highest BCUT2D eigenvalue weighted by Crippen LogP contribution is 2.30. The van der Waals surface area contributed by atoms with Crippen molar-refractivity contribution in [2.45, 2.75) is 31.9 Å². The van der Waals surface area contributed by atoms with Crippen molar-refractivity contribution in [1.29, 1.82) is 0 Å². The van der Waals surface area contributed by atoms with E-state index in [1.165, 1.54) is 0 Å². The summed E-state index contributed by atoms with van der Waals surface area (Å²) < 4.78 is 6.58. The van der Waals surface area contributed by atoms with E-state index >= 15 is 0 Å². The lowest BCUT2D eigenvalue weighted by atomic mass is 9.80. The maximum absolute atomic E-state index is 10.7. The molecule has 1 saturated heterocycles. The standard InChI is InChI=1S/C17H22BrNO2/c1-13-12-19(3)14(2)11-17(13,20)9-4-10-21-16-7-5-15(18)6-8-16/h5-8,13-14,20H,10-12H2,1-3H3/t13-,14-,17+/m1/s1. The molecular weight excluding hydrogens is 330 g/mol. The van der Waals surface area contributed by atoms with Gasteiger partial charge in [-0.2, -0.15) is 0 Å². The molecular formula is C17H22BrNO2. The van der Waals surface area contributed by atoms with Gasteiger partial charge < -0.3 is 14.7 Å². The van der Waals surface area contributed by atoms with Gasteiger partial charge in [-0.1, -0.05) is 34.7 Å². The molecule has 21 heavy (non-hydrogen) atoms. The van der Waals surface area contributed by atoms with Gasteiger partial charge in [0.2, 0.25) is 0 Å². The highest BCUT2D eigenvalue weighted by Gasteiger charge is 2.39. The van der Waals surface area contributed by atoms with Crippen LogP contribution in [0.3, 0.4) is 0 Å². The van der Waals surface area contributed by atoms with E-state index in [2.05, 4.69) is 46.6 Å². The quantitative estimate of drug-likeness (QED) is 0.831. The molecule has 0 amide bonds. The second-order valence-electron chi connectivity index (χ2n) is 5.86. The molecule has 0 saturated carbocycles. The van der Waals surface area contributed by atoms with Crippen molar-refractivity contribution < 1.29 is 9.84 Å². The first-order chi connectivity index (χ1) is 9.90. The zero-order valence-electron chi connectivity index (χ0n) is 12.8. The molecule has 0 aliphatic carbocycles. The number of aliphatic hydroxyl groups is 1. The van der Waals surface area contributed by atoms with E-state index in [0.29, 0.717) is 19.1 Å². The zero-order chi connectivity index (χ0) is 15.5. The Labute approximate surface area is 135 Å². The predicted octanol–water partition coefficient (Wildman–Crippen LogP) is 2.92. The smallest absolute Gasteiger partial charge is 0.149 e. The number of hydrogen-bond donors (Lipinski definition) is 1. The highest BCUT2D eigenvalue weighted by atomic mass is 79.9. The molecule has 0 spiro atoms. The van der Waals surface area contributed by atoms with Gasteiger partial charge in [-0.25, -0.2) is 0 Å². The largest absolute Gasteiger partial charge is 0.481 e. The van der Waals surface area contributed by atoms with Crippen LogP contribution in [0.25, 0.3) is 0 Å². The van der Waals surface area contributed by atoms with Crippen molar-refractivity contribution in [3.63, 3.8) is 0 Å². The van der Waals surface area contributed by atoms with Gasteiger partial charge in [-0.15, -0.1) is 0 Å². The Hall–Kier alpha value is -1.02. The lowest BCUT2D eigenvalue weighted by Crippen LogP contribution is -2.52. The van der Waals surface area contributed by atoms with E-state index < -0.39 is 5.60 Å². The summed E-state index contributed by atoms with van der Waals surface area (Å²) in [4.78, 5) is 2.26. The topological polar surface area (TPSA) is 32.7 Å². The first-order valence-corrected chi connectivity index (χ1v) is 8.01. The summed E-state index contributed by atoms with van der Waals surface area (Å²) in [7, 11) is 2.09. The molecule has 4 heteroatoms. The summed E-state index contributed by atoms with van der Waals surface area (Å²) in [5, 5.41) is 10.7. The number of piperidine rings is 1. The molecule has 1 N–H and O–H groups in total. The minimum Gasteiger partial charge on any atom is -0.481 e. The fraction of sp³-hybridized carbons (Fsp3) is 0.529. The predicted molar refractivity (Wildman–Crippen MR) is 88.2 cm³/mol. The first kappa shape index (κ1) is 16.4.